The molecule has 0 aromatic heterocycles. The molecule has 0 aliphatic heterocycles. The molecule has 0 aromatic rings. The van der Waals surface area contributed by atoms with Crippen LogP contribution in [0.1, 0.15) is 0 Å². The minimum absolute atomic E-state index is 0. The zero-order valence-corrected chi connectivity index (χ0v) is 7.22. The van der Waals surface area contributed by atoms with Gasteiger partial charge in [-0.3, -0.25) is 8.42 Å². The van der Waals surface area contributed by atoms with E-state index in [4.69, 9.17) is 17.5 Å². The average molecular weight is 160 g/mol. The molecule has 1 N–H and O–H groups in total. The van der Waals surface area contributed by atoms with Crippen LogP contribution in [0, 0.1) is 0 Å². The van der Waals surface area contributed by atoms with Crippen LogP contribution in [0.5, 0.6) is 0 Å². The third-order valence-corrected chi connectivity index (χ3v) is 0. The van der Waals surface area contributed by atoms with E-state index in [2.05, 4.69) is 0 Å². The Hall–Kier alpha value is 1.69. The predicted molar refractivity (Wildman–Crippen MR) is 18.2 cm³/mol. The van der Waals surface area contributed by atoms with Gasteiger partial charge in [0.15, 0.2) is 0 Å². The van der Waals surface area contributed by atoms with E-state index in [0.29, 0.717) is 0 Å². The fourth-order valence-electron chi connectivity index (χ4n) is 0. The Morgan fingerprint density at radius 1 is 1.12 bits per heavy atom. The standard InChI is InChI=1S/Ca.Li.H2O4S.H2O/c;;1-5(2,3)4;/h;;(H2,1,2,3,4);1H2/q+2;+1;;/p-3. The molecular weight excluding hydrogens is 159 g/mol. The predicted octanol–water partition coefficient (Wildman–Crippen LogP) is -4.89. The molecule has 0 spiro atoms. The van der Waals surface area contributed by atoms with Crippen molar-refractivity contribution < 1.29 is 41.9 Å². The fraction of sp³-hybridized carbons (Fsp3) is 0. The summed E-state index contributed by atoms with van der Waals surface area (Å²) in [4.78, 5) is 0. The van der Waals surface area contributed by atoms with Gasteiger partial charge in [-0.1, -0.05) is 0 Å². The van der Waals surface area contributed by atoms with Crippen LogP contribution in [0.15, 0.2) is 0 Å². The molecular formula is HCaLiO5S. The molecule has 0 aliphatic rings. The van der Waals surface area contributed by atoms with Gasteiger partial charge in [0.05, 0.1) is 0 Å². The van der Waals surface area contributed by atoms with E-state index in [9.17, 15) is 0 Å². The van der Waals surface area contributed by atoms with Gasteiger partial charge in [0.25, 0.3) is 0 Å². The number of hydrogen-bond donors (Lipinski definition) is 0. The summed E-state index contributed by atoms with van der Waals surface area (Å²) in [6, 6.07) is 0. The molecule has 0 radical (unpaired) electrons. The van der Waals surface area contributed by atoms with Crippen molar-refractivity contribution in [2.24, 2.45) is 0 Å². The van der Waals surface area contributed by atoms with Gasteiger partial charge < -0.3 is 14.6 Å². The fourth-order valence-corrected chi connectivity index (χ4v) is 0. The molecule has 0 saturated carbocycles. The molecule has 5 nitrogen and oxygen atoms in total. The molecule has 0 fully saturated rings. The maximum atomic E-state index is 8.52. The van der Waals surface area contributed by atoms with Crippen LogP contribution < -0.4 is 18.9 Å². The van der Waals surface area contributed by atoms with E-state index in [-0.39, 0.29) is 62.1 Å². The van der Waals surface area contributed by atoms with Crippen LogP contribution in [0.25, 0.3) is 0 Å². The molecule has 0 saturated heterocycles. The Morgan fingerprint density at radius 3 is 1.12 bits per heavy atom. The van der Waals surface area contributed by atoms with Crippen molar-refractivity contribution >= 4 is 48.1 Å². The van der Waals surface area contributed by atoms with Gasteiger partial charge in [-0.25, -0.2) is 0 Å². The van der Waals surface area contributed by atoms with Gasteiger partial charge >= 0.3 is 56.6 Å². The summed E-state index contributed by atoms with van der Waals surface area (Å²) in [5, 5.41) is 0. The van der Waals surface area contributed by atoms with Crippen molar-refractivity contribution in [3.8, 4) is 0 Å². The zero-order chi connectivity index (χ0) is 4.50. The van der Waals surface area contributed by atoms with E-state index in [0.717, 1.165) is 0 Å². The molecule has 0 heterocycles. The van der Waals surface area contributed by atoms with Crippen molar-refractivity contribution in [2.45, 2.75) is 0 Å². The first-order chi connectivity index (χ1) is 2.00. The third-order valence-electron chi connectivity index (χ3n) is 0. The second-order valence-corrected chi connectivity index (χ2v) is 1.22. The molecule has 0 aromatic carbocycles. The van der Waals surface area contributed by atoms with Crippen molar-refractivity contribution in [2.75, 3.05) is 0 Å². The number of rotatable bonds is 0. The zero-order valence-electron chi connectivity index (χ0n) is 4.20. The monoisotopic (exact) mass is 160 g/mol. The molecule has 8 heavy (non-hydrogen) atoms. The smallest absolute Gasteiger partial charge is 0.870 e. The Labute approximate surface area is 88.9 Å². The van der Waals surface area contributed by atoms with E-state index in [1.165, 1.54) is 0 Å². The van der Waals surface area contributed by atoms with Gasteiger partial charge in [-0.05, 0) is 0 Å². The summed E-state index contributed by atoms with van der Waals surface area (Å²) < 4.78 is 34.1. The van der Waals surface area contributed by atoms with Crippen LogP contribution in [-0.2, 0) is 10.4 Å². The van der Waals surface area contributed by atoms with Crippen LogP contribution in [0.3, 0.4) is 0 Å². The van der Waals surface area contributed by atoms with Crippen LogP contribution in [0.4, 0.5) is 0 Å². The molecule has 0 bridgehead atoms. The average Bonchev–Trinajstić information content (AvgIpc) is 0.722. The van der Waals surface area contributed by atoms with Crippen LogP contribution in [-0.4, -0.2) is 60.7 Å². The SMILES string of the molecule is O=S(=O)([O-])[O-].[Ca+2].[Li+].[OH-]. The van der Waals surface area contributed by atoms with Gasteiger partial charge in [0, 0.05) is 10.4 Å². The van der Waals surface area contributed by atoms with Gasteiger partial charge in [-0.15, -0.1) is 0 Å². The van der Waals surface area contributed by atoms with Crippen molar-refractivity contribution in [1.29, 1.82) is 0 Å². The van der Waals surface area contributed by atoms with E-state index in [1.807, 2.05) is 0 Å². The second-order valence-electron chi connectivity index (χ2n) is 0.408. The molecule has 0 aliphatic carbocycles. The number of hydrogen-bond acceptors (Lipinski definition) is 5. The first-order valence-corrected chi connectivity index (χ1v) is 2.00. The topological polar surface area (TPSA) is 110 Å². The molecule has 0 amide bonds. The molecule has 0 atom stereocenters. The van der Waals surface area contributed by atoms with Gasteiger partial charge in [-0.2, -0.15) is 0 Å². The second kappa shape index (κ2) is 8.69. The molecule has 8 heteroatoms. The Morgan fingerprint density at radius 2 is 1.12 bits per heavy atom. The largest absolute Gasteiger partial charge is 2.00 e. The minimum Gasteiger partial charge on any atom is -0.870 e. The van der Waals surface area contributed by atoms with E-state index >= 15 is 0 Å². The first kappa shape index (κ1) is 22.6. The summed E-state index contributed by atoms with van der Waals surface area (Å²) in [5.41, 5.74) is 0. The van der Waals surface area contributed by atoms with Gasteiger partial charge in [0.1, 0.15) is 0 Å². The summed E-state index contributed by atoms with van der Waals surface area (Å²) in [6.07, 6.45) is 0. The Balaban J connectivity index is -0.0000000267. The summed E-state index contributed by atoms with van der Waals surface area (Å²) in [5.74, 6) is 0. The quantitative estimate of drug-likeness (QED) is 0.200. The maximum Gasteiger partial charge on any atom is 2.00 e. The normalized spacial score (nSPS) is 7.25. The first-order valence-electron chi connectivity index (χ1n) is 0.667. The van der Waals surface area contributed by atoms with Crippen LogP contribution in [0.2, 0.25) is 0 Å². The van der Waals surface area contributed by atoms with Crippen molar-refractivity contribution in [1.82, 2.24) is 0 Å². The molecule has 0 rings (SSSR count). The van der Waals surface area contributed by atoms with E-state index < -0.39 is 10.4 Å². The van der Waals surface area contributed by atoms with E-state index in [1.54, 1.807) is 0 Å². The molecule has 0 unspecified atom stereocenters. The van der Waals surface area contributed by atoms with Crippen LogP contribution >= 0.6 is 0 Å². The van der Waals surface area contributed by atoms with Crippen molar-refractivity contribution in [3.63, 3.8) is 0 Å². The van der Waals surface area contributed by atoms with Gasteiger partial charge in [0.2, 0.25) is 0 Å². The minimum atomic E-state index is -5.17. The summed E-state index contributed by atoms with van der Waals surface area (Å²) >= 11 is 0. The maximum absolute atomic E-state index is 8.52. The summed E-state index contributed by atoms with van der Waals surface area (Å²) in [7, 11) is -5.17. The molecule has 40 valence electrons. The Bertz CT molecular complexity index is 95.6. The van der Waals surface area contributed by atoms with Crippen molar-refractivity contribution in [3.05, 3.63) is 0 Å². The summed E-state index contributed by atoms with van der Waals surface area (Å²) in [6.45, 7) is 0. The third kappa shape index (κ3) is 121. The Kier molecular flexibility index (Phi) is 24.5.